The highest BCUT2D eigenvalue weighted by atomic mass is 16.5. The van der Waals surface area contributed by atoms with Crippen LogP contribution >= 0.6 is 0 Å². The third-order valence-electron chi connectivity index (χ3n) is 6.68. The van der Waals surface area contributed by atoms with Crippen molar-refractivity contribution in [3.05, 3.63) is 131 Å². The van der Waals surface area contributed by atoms with Crippen molar-refractivity contribution in [3.8, 4) is 5.75 Å². The van der Waals surface area contributed by atoms with E-state index in [1.54, 1.807) is 24.3 Å². The molecule has 5 nitrogen and oxygen atoms in total. The maximum absolute atomic E-state index is 13.9. The molecule has 0 spiro atoms. The molecule has 1 fully saturated rings. The van der Waals surface area contributed by atoms with E-state index < -0.39 is 5.72 Å². The summed E-state index contributed by atoms with van der Waals surface area (Å²) < 4.78 is 6.68. The van der Waals surface area contributed by atoms with Crippen LogP contribution in [0, 0.1) is 0 Å². The molecule has 0 aromatic heterocycles. The number of ether oxygens (including phenoxy) is 1. The highest BCUT2D eigenvalue weighted by molar-refractivity contribution is 6.17. The Morgan fingerprint density at radius 2 is 1.66 bits per heavy atom. The quantitative estimate of drug-likeness (QED) is 0.555. The maximum Gasteiger partial charge on any atom is 0.234 e. The van der Waals surface area contributed by atoms with Gasteiger partial charge in [-0.3, -0.25) is 9.59 Å². The fraction of sp³-hybridized carbons (Fsp3) is 0.133. The molecule has 3 aliphatic heterocycles. The van der Waals surface area contributed by atoms with Crippen LogP contribution in [0.25, 0.3) is 6.08 Å². The van der Waals surface area contributed by atoms with Crippen molar-refractivity contribution in [2.45, 2.75) is 12.1 Å². The molecule has 0 amide bonds. The largest absolute Gasteiger partial charge is 0.459 e. The van der Waals surface area contributed by atoms with E-state index in [-0.39, 0.29) is 11.6 Å². The summed E-state index contributed by atoms with van der Waals surface area (Å²) in [6.07, 6.45) is 6.50. The number of carbonyl (C=O) groups excluding carboxylic acids is 2. The number of rotatable bonds is 4. The second kappa shape index (κ2) is 8.44. The SMILES string of the molecule is O=C(C1=C2NCCCN2C2(/C=C/c3ccccc3)Oc3ccccc3C(=O)C2=C1)c1ccccc1. The summed E-state index contributed by atoms with van der Waals surface area (Å²) >= 11 is 0. The monoisotopic (exact) mass is 460 g/mol. The Hall–Kier alpha value is -4.38. The van der Waals surface area contributed by atoms with E-state index in [9.17, 15) is 9.59 Å². The Bertz CT molecular complexity index is 1410. The van der Waals surface area contributed by atoms with Crippen LogP contribution in [0.5, 0.6) is 5.75 Å². The van der Waals surface area contributed by atoms with Gasteiger partial charge in [0.1, 0.15) is 11.6 Å². The van der Waals surface area contributed by atoms with Gasteiger partial charge in [0.25, 0.3) is 0 Å². The zero-order valence-corrected chi connectivity index (χ0v) is 19.1. The van der Waals surface area contributed by atoms with Gasteiger partial charge in [-0.2, -0.15) is 0 Å². The number of nitrogens with zero attached hydrogens (tertiary/aromatic N) is 1. The lowest BCUT2D eigenvalue weighted by atomic mass is 9.82. The number of nitrogens with one attached hydrogen (secondary N) is 1. The number of benzene rings is 3. The summed E-state index contributed by atoms with van der Waals surface area (Å²) in [5, 5.41) is 3.43. The lowest BCUT2D eigenvalue weighted by molar-refractivity contribution is -0.0121. The molecule has 0 bridgehead atoms. The zero-order valence-electron chi connectivity index (χ0n) is 19.1. The van der Waals surface area contributed by atoms with Gasteiger partial charge < -0.3 is 15.0 Å². The lowest BCUT2D eigenvalue weighted by Crippen LogP contribution is -2.62. The molecule has 1 N–H and O–H groups in total. The average Bonchev–Trinajstić information content (AvgIpc) is 2.92. The van der Waals surface area contributed by atoms with Crippen molar-refractivity contribution in [3.63, 3.8) is 0 Å². The van der Waals surface area contributed by atoms with E-state index in [0.717, 1.165) is 18.5 Å². The molecule has 3 aliphatic rings. The molecule has 172 valence electrons. The molecule has 1 unspecified atom stereocenters. The Labute approximate surface area is 204 Å². The predicted octanol–water partition coefficient (Wildman–Crippen LogP) is 5.00. The fourth-order valence-electron chi connectivity index (χ4n) is 4.98. The topological polar surface area (TPSA) is 58.6 Å². The summed E-state index contributed by atoms with van der Waals surface area (Å²) in [5.41, 5.74) is 1.84. The highest BCUT2D eigenvalue weighted by Crippen LogP contribution is 2.45. The first-order valence-corrected chi connectivity index (χ1v) is 11.8. The van der Waals surface area contributed by atoms with E-state index in [4.69, 9.17) is 4.74 Å². The van der Waals surface area contributed by atoms with Crippen molar-refractivity contribution >= 4 is 17.6 Å². The molecular weight excluding hydrogens is 436 g/mol. The van der Waals surface area contributed by atoms with E-state index in [1.165, 1.54) is 0 Å². The van der Waals surface area contributed by atoms with Gasteiger partial charge in [-0.1, -0.05) is 78.9 Å². The molecular formula is C30H24N2O3. The van der Waals surface area contributed by atoms with Crippen LogP contribution in [0.1, 0.15) is 32.7 Å². The van der Waals surface area contributed by atoms with Gasteiger partial charge in [-0.25, -0.2) is 0 Å². The normalized spacial score (nSPS) is 20.9. The van der Waals surface area contributed by atoms with E-state index in [0.29, 0.717) is 40.4 Å². The number of hydrogen-bond donors (Lipinski definition) is 1. The standard InChI is InChI=1S/C30H24N2O3/c33-27(22-12-5-2-6-13-22)24-20-25-28(34)23-14-7-8-15-26(23)35-30(25,32-19-9-18-31-29(24)32)17-16-21-10-3-1-4-11-21/h1-8,10-17,20,31H,9,18-19H2/b17-16+. The first-order chi connectivity index (χ1) is 17.2. The Kier molecular flexibility index (Phi) is 5.10. The number of fused-ring (bicyclic) bond motifs is 4. The second-order valence-electron chi connectivity index (χ2n) is 8.82. The highest BCUT2D eigenvalue weighted by Gasteiger charge is 2.52. The van der Waals surface area contributed by atoms with Crippen molar-refractivity contribution < 1.29 is 14.3 Å². The minimum absolute atomic E-state index is 0.125. The van der Waals surface area contributed by atoms with Crippen LogP contribution in [-0.2, 0) is 0 Å². The zero-order chi connectivity index (χ0) is 23.8. The predicted molar refractivity (Wildman–Crippen MR) is 135 cm³/mol. The molecule has 3 aromatic carbocycles. The van der Waals surface area contributed by atoms with Gasteiger partial charge in [0.2, 0.25) is 5.72 Å². The lowest BCUT2D eigenvalue weighted by Gasteiger charge is -2.51. The van der Waals surface area contributed by atoms with E-state index >= 15 is 0 Å². The van der Waals surface area contributed by atoms with E-state index in [1.807, 2.05) is 83.8 Å². The van der Waals surface area contributed by atoms with Crippen LogP contribution in [-0.4, -0.2) is 35.3 Å². The number of allylic oxidation sites excluding steroid dienone is 2. The number of carbonyl (C=O) groups is 2. The van der Waals surface area contributed by atoms with Crippen LogP contribution in [0.15, 0.2) is 114 Å². The number of hydrogen-bond acceptors (Lipinski definition) is 5. The van der Waals surface area contributed by atoms with E-state index in [2.05, 4.69) is 5.32 Å². The summed E-state index contributed by atoms with van der Waals surface area (Å²) in [6, 6.07) is 26.4. The van der Waals surface area contributed by atoms with Crippen molar-refractivity contribution in [2.75, 3.05) is 13.1 Å². The van der Waals surface area contributed by atoms with Gasteiger partial charge in [-0.15, -0.1) is 0 Å². The summed E-state index contributed by atoms with van der Waals surface area (Å²) in [5.74, 6) is 0.973. The van der Waals surface area contributed by atoms with Crippen molar-refractivity contribution in [1.82, 2.24) is 10.2 Å². The molecule has 3 heterocycles. The van der Waals surface area contributed by atoms with Gasteiger partial charge in [0, 0.05) is 18.7 Å². The molecule has 5 heteroatoms. The summed E-state index contributed by atoms with van der Waals surface area (Å²) in [7, 11) is 0. The molecule has 0 aliphatic carbocycles. The Morgan fingerprint density at radius 1 is 0.943 bits per heavy atom. The minimum atomic E-state index is -1.16. The summed E-state index contributed by atoms with van der Waals surface area (Å²) in [6.45, 7) is 1.38. The maximum atomic E-state index is 13.9. The minimum Gasteiger partial charge on any atom is -0.459 e. The average molecular weight is 461 g/mol. The number of Topliss-reactive ketones (excluding diaryl/α,β-unsaturated/α-hetero) is 2. The first kappa shape index (κ1) is 21.2. The van der Waals surface area contributed by atoms with Crippen LogP contribution < -0.4 is 10.1 Å². The summed E-state index contributed by atoms with van der Waals surface area (Å²) in [4.78, 5) is 29.5. The second-order valence-corrected chi connectivity index (χ2v) is 8.82. The van der Waals surface area contributed by atoms with Crippen molar-refractivity contribution in [2.24, 2.45) is 0 Å². The van der Waals surface area contributed by atoms with Crippen molar-refractivity contribution in [1.29, 1.82) is 0 Å². The smallest absolute Gasteiger partial charge is 0.234 e. The Balaban J connectivity index is 1.56. The third-order valence-corrected chi connectivity index (χ3v) is 6.68. The molecule has 0 saturated carbocycles. The number of ketones is 2. The fourth-order valence-corrected chi connectivity index (χ4v) is 4.98. The molecule has 0 radical (unpaired) electrons. The third kappa shape index (κ3) is 3.48. The Morgan fingerprint density at radius 3 is 2.46 bits per heavy atom. The molecule has 6 rings (SSSR count). The molecule has 1 saturated heterocycles. The van der Waals surface area contributed by atoms with Crippen LogP contribution in [0.2, 0.25) is 0 Å². The van der Waals surface area contributed by atoms with Gasteiger partial charge in [0.15, 0.2) is 11.6 Å². The van der Waals surface area contributed by atoms with Crippen LogP contribution in [0.3, 0.4) is 0 Å². The first-order valence-electron chi connectivity index (χ1n) is 11.8. The molecule has 35 heavy (non-hydrogen) atoms. The van der Waals surface area contributed by atoms with Crippen LogP contribution in [0.4, 0.5) is 0 Å². The molecule has 3 aromatic rings. The van der Waals surface area contributed by atoms with Gasteiger partial charge in [-0.05, 0) is 36.3 Å². The van der Waals surface area contributed by atoms with Gasteiger partial charge in [0.05, 0.1) is 16.7 Å². The number of para-hydroxylation sites is 1. The molecule has 1 atom stereocenters. The van der Waals surface area contributed by atoms with Gasteiger partial charge >= 0.3 is 0 Å².